The van der Waals surface area contributed by atoms with Crippen molar-refractivity contribution in [3.05, 3.63) is 35.9 Å². The van der Waals surface area contributed by atoms with E-state index in [4.69, 9.17) is 14.2 Å². The van der Waals surface area contributed by atoms with Crippen LogP contribution in [0, 0.1) is 0 Å². The highest BCUT2D eigenvalue weighted by Gasteiger charge is 2.30. The first kappa shape index (κ1) is 28.7. The molecular weight excluding hydrogens is 514 g/mol. The zero-order valence-corrected chi connectivity index (χ0v) is 24.0. The predicted octanol–water partition coefficient (Wildman–Crippen LogP) is 5.55. The number of ether oxygens (including phenoxy) is 3. The fourth-order valence-electron chi connectivity index (χ4n) is 4.08. The highest BCUT2D eigenvalue weighted by atomic mass is 32.2. The van der Waals surface area contributed by atoms with E-state index >= 15 is 0 Å². The van der Waals surface area contributed by atoms with Gasteiger partial charge in [-0.15, -0.1) is 0 Å². The number of carbonyl (C=O) groups is 1. The smallest absolute Gasteiger partial charge is 0.257 e. The summed E-state index contributed by atoms with van der Waals surface area (Å²) < 4.78 is 45.8. The number of amides is 1. The molecule has 11 heteroatoms. The van der Waals surface area contributed by atoms with Crippen molar-refractivity contribution < 1.29 is 27.4 Å². The Morgan fingerprint density at radius 1 is 0.946 bits per heavy atom. The molecule has 1 amide bonds. The Hall–Kier alpha value is -2.89. The number of fused-ring (bicyclic) bond motifs is 1. The highest BCUT2D eigenvalue weighted by Crippen LogP contribution is 2.39. The first-order valence-electron chi connectivity index (χ1n) is 12.3. The monoisotopic (exact) mass is 549 g/mol. The summed E-state index contributed by atoms with van der Waals surface area (Å²) in [5, 5.41) is 3.16. The first-order chi connectivity index (χ1) is 17.5. The van der Waals surface area contributed by atoms with Crippen molar-refractivity contribution in [2.45, 2.75) is 65.4 Å². The first-order valence-corrected chi connectivity index (χ1v) is 14.6. The van der Waals surface area contributed by atoms with Crippen molar-refractivity contribution in [3.63, 3.8) is 0 Å². The number of aromatic nitrogens is 1. The maximum atomic E-state index is 13.3. The minimum absolute atomic E-state index is 0.186. The van der Waals surface area contributed by atoms with Crippen molar-refractivity contribution in [1.82, 2.24) is 9.29 Å². The molecule has 0 aliphatic heterocycles. The lowest BCUT2D eigenvalue weighted by Gasteiger charge is -2.29. The van der Waals surface area contributed by atoms with Crippen LogP contribution in [-0.2, 0) is 10.0 Å². The molecule has 0 saturated heterocycles. The summed E-state index contributed by atoms with van der Waals surface area (Å²) in [5.41, 5.74) is 0.916. The van der Waals surface area contributed by atoms with Crippen LogP contribution in [0.25, 0.3) is 10.2 Å². The second kappa shape index (κ2) is 12.1. The Labute approximate surface area is 222 Å². The van der Waals surface area contributed by atoms with Gasteiger partial charge in [0.25, 0.3) is 5.91 Å². The van der Waals surface area contributed by atoms with E-state index in [0.717, 1.165) is 0 Å². The van der Waals surface area contributed by atoms with E-state index in [1.807, 2.05) is 48.5 Å². The van der Waals surface area contributed by atoms with Crippen molar-refractivity contribution in [2.75, 3.05) is 25.1 Å². The summed E-state index contributed by atoms with van der Waals surface area (Å²) in [6.45, 7) is 14.2. The Morgan fingerprint density at radius 3 is 2.03 bits per heavy atom. The highest BCUT2D eigenvalue weighted by molar-refractivity contribution is 7.89. The largest absolute Gasteiger partial charge is 0.490 e. The summed E-state index contributed by atoms with van der Waals surface area (Å²) in [6, 6.07) is 7.66. The molecule has 0 atom stereocenters. The summed E-state index contributed by atoms with van der Waals surface area (Å²) in [7, 11) is -3.69. The van der Waals surface area contributed by atoms with E-state index in [1.54, 1.807) is 30.3 Å². The Bertz CT molecular complexity index is 1320. The Balaban J connectivity index is 1.93. The van der Waals surface area contributed by atoms with E-state index in [0.29, 0.717) is 58.0 Å². The molecule has 37 heavy (non-hydrogen) atoms. The third kappa shape index (κ3) is 6.34. The Morgan fingerprint density at radius 2 is 1.51 bits per heavy atom. The van der Waals surface area contributed by atoms with Gasteiger partial charge in [-0.25, -0.2) is 13.4 Å². The number of hydrogen-bond acceptors (Lipinski definition) is 8. The van der Waals surface area contributed by atoms with E-state index in [-0.39, 0.29) is 17.0 Å². The van der Waals surface area contributed by atoms with E-state index < -0.39 is 15.9 Å². The average Bonchev–Trinajstić information content (AvgIpc) is 3.22. The van der Waals surface area contributed by atoms with Gasteiger partial charge in [-0.05, 0) is 78.8 Å². The molecule has 9 nitrogen and oxygen atoms in total. The number of rotatable bonds is 12. The van der Waals surface area contributed by atoms with Crippen LogP contribution in [0.15, 0.2) is 35.2 Å². The third-order valence-electron chi connectivity index (χ3n) is 5.35. The summed E-state index contributed by atoms with van der Waals surface area (Å²) >= 11 is 1.21. The molecule has 3 rings (SSSR count). The van der Waals surface area contributed by atoms with Gasteiger partial charge in [0.1, 0.15) is 0 Å². The number of hydrogen-bond donors (Lipinski definition) is 1. The van der Waals surface area contributed by atoms with Crippen LogP contribution in [0.4, 0.5) is 5.13 Å². The lowest BCUT2D eigenvalue weighted by atomic mass is 10.1. The SMILES string of the molecule is CCOc1cc(C(=O)Nc2nc3ccc(S(=O)(=O)N(C(C)C)C(C)C)cc3s2)cc(OCC)c1OCC. The number of anilines is 1. The molecule has 202 valence electrons. The van der Waals surface area contributed by atoms with Crippen LogP contribution in [0.5, 0.6) is 17.2 Å². The molecule has 0 spiro atoms. The van der Waals surface area contributed by atoms with Crippen molar-refractivity contribution in [3.8, 4) is 17.2 Å². The summed E-state index contributed by atoms with van der Waals surface area (Å²) in [4.78, 5) is 17.8. The van der Waals surface area contributed by atoms with Crippen LogP contribution >= 0.6 is 11.3 Å². The number of sulfonamides is 1. The average molecular weight is 550 g/mol. The van der Waals surface area contributed by atoms with Gasteiger partial charge in [0.05, 0.1) is 34.9 Å². The maximum absolute atomic E-state index is 13.3. The lowest BCUT2D eigenvalue weighted by molar-refractivity contribution is 0.102. The molecule has 0 fully saturated rings. The minimum atomic E-state index is -3.69. The fourth-order valence-corrected chi connectivity index (χ4v) is 6.92. The van der Waals surface area contributed by atoms with Crippen molar-refractivity contribution >= 4 is 42.6 Å². The minimum Gasteiger partial charge on any atom is -0.490 e. The molecule has 1 N–H and O–H groups in total. The molecule has 1 heterocycles. The number of carbonyl (C=O) groups excluding carboxylic acids is 1. The standard InChI is InChI=1S/C26H35N3O6S2/c1-8-33-21-13-18(14-22(34-9-2)24(21)35-10-3)25(30)28-26-27-20-12-11-19(15-23(20)36-26)37(31,32)29(16(4)5)17(6)7/h11-17H,8-10H2,1-7H3,(H,27,28,30). The molecule has 0 bridgehead atoms. The third-order valence-corrected chi connectivity index (χ3v) is 8.53. The summed E-state index contributed by atoms with van der Waals surface area (Å²) in [5.74, 6) is 0.884. The second-order valence-corrected chi connectivity index (χ2v) is 11.6. The number of thiazole rings is 1. The van der Waals surface area contributed by atoms with Crippen LogP contribution in [-0.4, -0.2) is 55.5 Å². The van der Waals surface area contributed by atoms with Crippen molar-refractivity contribution in [2.24, 2.45) is 0 Å². The number of nitrogens with one attached hydrogen (secondary N) is 1. The van der Waals surface area contributed by atoms with Gasteiger partial charge < -0.3 is 14.2 Å². The molecule has 1 aromatic heterocycles. The van der Waals surface area contributed by atoms with Crippen LogP contribution in [0.1, 0.15) is 58.8 Å². The van der Waals surface area contributed by atoms with E-state index in [1.165, 1.54) is 15.6 Å². The Kier molecular flexibility index (Phi) is 9.38. The molecule has 0 saturated carbocycles. The molecule has 0 radical (unpaired) electrons. The van der Waals surface area contributed by atoms with Gasteiger partial charge >= 0.3 is 0 Å². The van der Waals surface area contributed by atoms with Crippen LogP contribution in [0.2, 0.25) is 0 Å². The molecule has 3 aromatic rings. The van der Waals surface area contributed by atoms with Gasteiger partial charge in [-0.1, -0.05) is 11.3 Å². The second-order valence-electron chi connectivity index (χ2n) is 8.73. The van der Waals surface area contributed by atoms with Gasteiger partial charge in [0, 0.05) is 17.6 Å². The quantitative estimate of drug-likeness (QED) is 0.315. The number of benzene rings is 2. The molecule has 0 aliphatic rings. The summed E-state index contributed by atoms with van der Waals surface area (Å²) in [6.07, 6.45) is 0. The van der Waals surface area contributed by atoms with E-state index in [2.05, 4.69) is 10.3 Å². The van der Waals surface area contributed by atoms with Gasteiger partial charge in [-0.3, -0.25) is 10.1 Å². The molecule has 0 aliphatic carbocycles. The zero-order valence-electron chi connectivity index (χ0n) is 22.3. The lowest BCUT2D eigenvalue weighted by Crippen LogP contribution is -2.41. The fraction of sp³-hybridized carbons (Fsp3) is 0.462. The molecular formula is C26H35N3O6S2. The molecule has 0 unspecified atom stereocenters. The maximum Gasteiger partial charge on any atom is 0.257 e. The zero-order chi connectivity index (χ0) is 27.3. The van der Waals surface area contributed by atoms with Gasteiger partial charge in [-0.2, -0.15) is 4.31 Å². The van der Waals surface area contributed by atoms with Crippen LogP contribution in [0.3, 0.4) is 0 Å². The predicted molar refractivity (Wildman–Crippen MR) is 147 cm³/mol. The normalized spacial score (nSPS) is 11.9. The van der Waals surface area contributed by atoms with E-state index in [9.17, 15) is 13.2 Å². The van der Waals surface area contributed by atoms with Gasteiger partial charge in [0.2, 0.25) is 15.8 Å². The molecule has 2 aromatic carbocycles. The van der Waals surface area contributed by atoms with Crippen LogP contribution < -0.4 is 19.5 Å². The topological polar surface area (TPSA) is 107 Å². The number of nitrogens with zero attached hydrogens (tertiary/aromatic N) is 2. The van der Waals surface area contributed by atoms with Gasteiger partial charge in [0.15, 0.2) is 16.6 Å². The van der Waals surface area contributed by atoms with Crippen molar-refractivity contribution in [1.29, 1.82) is 0 Å².